The Hall–Kier alpha value is -0.650. The molecular formula is C16H33N3O2. The number of nitrogens with two attached hydrogens (primary N) is 1. The summed E-state index contributed by atoms with van der Waals surface area (Å²) < 4.78 is 4.73. The molecule has 0 spiro atoms. The molecule has 0 aromatic heterocycles. The van der Waals surface area contributed by atoms with Gasteiger partial charge < -0.3 is 20.3 Å². The Kier molecular flexibility index (Phi) is 7.63. The van der Waals surface area contributed by atoms with Crippen molar-refractivity contribution in [1.82, 2.24) is 9.80 Å². The summed E-state index contributed by atoms with van der Waals surface area (Å²) in [5.41, 5.74) is 5.12. The van der Waals surface area contributed by atoms with Crippen molar-refractivity contribution < 1.29 is 9.53 Å². The molecule has 1 aliphatic rings. The Bertz CT molecular complexity index is 313. The van der Waals surface area contributed by atoms with E-state index in [9.17, 15) is 4.79 Å². The van der Waals surface area contributed by atoms with Crippen molar-refractivity contribution in [2.45, 2.75) is 57.5 Å². The molecule has 1 atom stereocenters. The van der Waals surface area contributed by atoms with Crippen molar-refractivity contribution >= 4 is 5.97 Å². The highest BCUT2D eigenvalue weighted by atomic mass is 16.5. The lowest BCUT2D eigenvalue weighted by Crippen LogP contribution is -2.46. The van der Waals surface area contributed by atoms with Crippen LogP contribution in [0.2, 0.25) is 0 Å². The molecule has 1 unspecified atom stereocenters. The molecule has 5 heteroatoms. The fraction of sp³-hybridized carbons (Fsp3) is 0.938. The molecule has 1 rings (SSSR count). The van der Waals surface area contributed by atoms with Crippen LogP contribution >= 0.6 is 0 Å². The molecule has 0 saturated carbocycles. The fourth-order valence-corrected chi connectivity index (χ4v) is 3.05. The number of carbonyl (C=O) groups is 1. The maximum atomic E-state index is 11.5. The fourth-order valence-electron chi connectivity index (χ4n) is 3.05. The van der Waals surface area contributed by atoms with Crippen LogP contribution < -0.4 is 5.73 Å². The van der Waals surface area contributed by atoms with Gasteiger partial charge in [-0.3, -0.25) is 4.79 Å². The molecule has 0 bridgehead atoms. The zero-order valence-corrected chi connectivity index (χ0v) is 14.2. The Morgan fingerprint density at radius 2 is 2.00 bits per heavy atom. The van der Waals surface area contributed by atoms with Gasteiger partial charge in [0.15, 0.2) is 0 Å². The number of hydrogen-bond donors (Lipinski definition) is 1. The number of likely N-dealkylation sites (tertiary alicyclic amines) is 1. The van der Waals surface area contributed by atoms with Crippen molar-refractivity contribution in [3.8, 4) is 0 Å². The van der Waals surface area contributed by atoms with Crippen LogP contribution in [-0.4, -0.2) is 67.7 Å². The van der Waals surface area contributed by atoms with Crippen LogP contribution in [0.15, 0.2) is 0 Å². The summed E-state index contributed by atoms with van der Waals surface area (Å²) in [6, 6.07) is 0.706. The zero-order valence-electron chi connectivity index (χ0n) is 14.2. The van der Waals surface area contributed by atoms with E-state index in [0.717, 1.165) is 19.4 Å². The van der Waals surface area contributed by atoms with Gasteiger partial charge in [0.2, 0.25) is 0 Å². The smallest absolute Gasteiger partial charge is 0.325 e. The van der Waals surface area contributed by atoms with Gasteiger partial charge in [-0.1, -0.05) is 6.92 Å². The van der Waals surface area contributed by atoms with Gasteiger partial charge in [-0.2, -0.15) is 0 Å². The van der Waals surface area contributed by atoms with Gasteiger partial charge >= 0.3 is 5.97 Å². The third-order valence-corrected chi connectivity index (χ3v) is 4.74. The van der Waals surface area contributed by atoms with Gasteiger partial charge in [0.25, 0.3) is 0 Å². The third kappa shape index (κ3) is 5.93. The van der Waals surface area contributed by atoms with Crippen molar-refractivity contribution in [2.24, 2.45) is 5.73 Å². The molecule has 2 N–H and O–H groups in total. The van der Waals surface area contributed by atoms with Gasteiger partial charge in [0, 0.05) is 6.04 Å². The second-order valence-corrected chi connectivity index (χ2v) is 6.51. The Morgan fingerprint density at radius 1 is 1.38 bits per heavy atom. The second-order valence-electron chi connectivity index (χ2n) is 6.51. The normalized spacial score (nSPS) is 20.5. The van der Waals surface area contributed by atoms with E-state index in [2.05, 4.69) is 23.8 Å². The first-order chi connectivity index (χ1) is 9.90. The number of methoxy groups -OCH3 is 1. The molecule has 0 aliphatic carbocycles. The van der Waals surface area contributed by atoms with Crippen molar-refractivity contribution in [3.05, 3.63) is 0 Å². The van der Waals surface area contributed by atoms with Crippen molar-refractivity contribution in [1.29, 1.82) is 0 Å². The van der Waals surface area contributed by atoms with Crippen LogP contribution in [0, 0.1) is 0 Å². The molecule has 1 saturated heterocycles. The van der Waals surface area contributed by atoms with E-state index >= 15 is 0 Å². The highest BCUT2D eigenvalue weighted by Gasteiger charge is 2.28. The molecule has 5 nitrogen and oxygen atoms in total. The number of ether oxygens (including phenoxy) is 1. The van der Waals surface area contributed by atoms with Gasteiger partial charge in [-0.15, -0.1) is 0 Å². The number of unbranched alkanes of at least 4 members (excludes halogenated alkanes) is 1. The highest BCUT2D eigenvalue weighted by Crippen LogP contribution is 2.17. The predicted molar refractivity (Wildman–Crippen MR) is 86.2 cm³/mol. The minimum Gasteiger partial charge on any atom is -0.468 e. The summed E-state index contributed by atoms with van der Waals surface area (Å²) in [7, 11) is 3.61. The molecule has 1 fully saturated rings. The minimum absolute atomic E-state index is 0.317. The summed E-state index contributed by atoms with van der Waals surface area (Å²) in [5, 5.41) is 0. The van der Waals surface area contributed by atoms with Gasteiger partial charge in [0.05, 0.1) is 7.11 Å². The van der Waals surface area contributed by atoms with E-state index in [-0.39, 0.29) is 5.97 Å². The van der Waals surface area contributed by atoms with Gasteiger partial charge in [0.1, 0.15) is 5.54 Å². The quantitative estimate of drug-likeness (QED) is 0.543. The molecule has 1 aliphatic heterocycles. The number of hydrogen-bond acceptors (Lipinski definition) is 5. The molecule has 21 heavy (non-hydrogen) atoms. The number of esters is 1. The first-order valence-corrected chi connectivity index (χ1v) is 8.20. The van der Waals surface area contributed by atoms with E-state index in [1.54, 1.807) is 6.92 Å². The topological polar surface area (TPSA) is 58.8 Å². The Morgan fingerprint density at radius 3 is 2.52 bits per heavy atom. The molecule has 0 aromatic carbocycles. The summed E-state index contributed by atoms with van der Waals surface area (Å²) in [4.78, 5) is 16.5. The maximum absolute atomic E-state index is 11.5. The first-order valence-electron chi connectivity index (χ1n) is 8.20. The van der Waals surface area contributed by atoms with Crippen LogP contribution in [0.1, 0.15) is 46.0 Å². The van der Waals surface area contributed by atoms with Crippen LogP contribution in [-0.2, 0) is 9.53 Å². The average molecular weight is 299 g/mol. The van der Waals surface area contributed by atoms with E-state index in [0.29, 0.717) is 12.5 Å². The summed E-state index contributed by atoms with van der Waals surface area (Å²) in [6.07, 6.45) is 5.25. The monoisotopic (exact) mass is 299 g/mol. The van der Waals surface area contributed by atoms with Crippen molar-refractivity contribution in [3.63, 3.8) is 0 Å². The number of piperidine rings is 1. The largest absolute Gasteiger partial charge is 0.468 e. The van der Waals surface area contributed by atoms with Crippen LogP contribution in [0.5, 0.6) is 0 Å². The van der Waals surface area contributed by atoms with E-state index < -0.39 is 5.54 Å². The highest BCUT2D eigenvalue weighted by molar-refractivity contribution is 5.79. The molecule has 0 aromatic rings. The first kappa shape index (κ1) is 18.4. The maximum Gasteiger partial charge on any atom is 0.325 e. The minimum atomic E-state index is -0.847. The molecule has 124 valence electrons. The van der Waals surface area contributed by atoms with E-state index in [4.69, 9.17) is 10.5 Å². The molecule has 0 radical (unpaired) electrons. The molecular weight excluding hydrogens is 266 g/mol. The second kappa shape index (κ2) is 8.71. The lowest BCUT2D eigenvalue weighted by Gasteiger charge is -2.36. The number of nitrogens with zero attached hydrogens (tertiary/aromatic N) is 2. The average Bonchev–Trinajstić information content (AvgIpc) is 2.50. The SMILES string of the molecule is CCN1CCC(N(C)CCCCC(C)(N)C(=O)OC)CC1. The summed E-state index contributed by atoms with van der Waals surface area (Å²) >= 11 is 0. The van der Waals surface area contributed by atoms with Gasteiger partial charge in [-0.05, 0) is 72.3 Å². The predicted octanol–water partition coefficient (Wildman–Crippen LogP) is 1.46. The van der Waals surface area contributed by atoms with E-state index in [1.807, 2.05) is 0 Å². The Labute approximate surface area is 129 Å². The lowest BCUT2D eigenvalue weighted by atomic mass is 9.96. The number of rotatable bonds is 8. The zero-order chi connectivity index (χ0) is 15.9. The standard InChI is InChI=1S/C16H33N3O2/c1-5-19-12-8-14(9-13-19)18(3)11-7-6-10-16(2,17)15(20)21-4/h14H,5-13,17H2,1-4H3. The van der Waals surface area contributed by atoms with Gasteiger partial charge in [-0.25, -0.2) is 0 Å². The summed E-state index contributed by atoms with van der Waals surface area (Å²) in [5.74, 6) is -0.317. The van der Waals surface area contributed by atoms with Crippen molar-refractivity contribution in [2.75, 3.05) is 40.3 Å². The van der Waals surface area contributed by atoms with Crippen LogP contribution in [0.4, 0.5) is 0 Å². The Balaban J connectivity index is 2.19. The lowest BCUT2D eigenvalue weighted by molar-refractivity contribution is -0.146. The van der Waals surface area contributed by atoms with E-state index in [1.165, 1.54) is 39.6 Å². The van der Waals surface area contributed by atoms with Crippen LogP contribution in [0.25, 0.3) is 0 Å². The summed E-state index contributed by atoms with van der Waals surface area (Å²) in [6.45, 7) is 8.66. The third-order valence-electron chi connectivity index (χ3n) is 4.74. The van der Waals surface area contributed by atoms with Crippen LogP contribution in [0.3, 0.4) is 0 Å². The number of carbonyl (C=O) groups excluding carboxylic acids is 1. The molecule has 0 amide bonds. The molecule has 1 heterocycles.